The number of pyridine rings is 1. The van der Waals surface area contributed by atoms with E-state index in [1.165, 1.54) is 12.1 Å². The second-order valence-electron chi connectivity index (χ2n) is 6.36. The Balaban J connectivity index is 1.89. The van der Waals surface area contributed by atoms with E-state index in [1.54, 1.807) is 54.9 Å². The fraction of sp³-hybridized carbons (Fsp3) is 0.0455. The van der Waals surface area contributed by atoms with Crippen molar-refractivity contribution in [1.29, 1.82) is 0 Å². The second kappa shape index (κ2) is 8.15. The van der Waals surface area contributed by atoms with Crippen molar-refractivity contribution in [1.82, 2.24) is 15.0 Å². The highest BCUT2D eigenvalue weighted by atomic mass is 35.5. The number of rotatable bonds is 4. The van der Waals surface area contributed by atoms with E-state index in [-0.39, 0.29) is 17.8 Å². The molecule has 144 valence electrons. The topological polar surface area (TPSA) is 58.6 Å². The Bertz CT molecular complexity index is 1210. The molecule has 2 aromatic heterocycles. The maximum atomic E-state index is 13.4. The van der Waals surface area contributed by atoms with Crippen LogP contribution in [0.5, 0.6) is 0 Å². The number of aromatic amines is 1. The van der Waals surface area contributed by atoms with Crippen LogP contribution in [0.3, 0.4) is 0 Å². The number of nitrogens with one attached hydrogen (secondary N) is 1. The van der Waals surface area contributed by atoms with Crippen LogP contribution in [0.4, 0.5) is 4.39 Å². The SMILES string of the molecule is O=c1[nH]c(Cc2c(Cl)cccc2Cl)nc(-c2ccncc2)c1-c1ccc(F)cc1. The van der Waals surface area contributed by atoms with Crippen LogP contribution < -0.4 is 5.56 Å². The van der Waals surface area contributed by atoms with Crippen LogP contribution in [0.25, 0.3) is 22.4 Å². The molecule has 1 N–H and O–H groups in total. The maximum absolute atomic E-state index is 13.4. The van der Waals surface area contributed by atoms with Gasteiger partial charge in [-0.2, -0.15) is 0 Å². The molecule has 4 rings (SSSR count). The highest BCUT2D eigenvalue weighted by molar-refractivity contribution is 6.36. The zero-order valence-electron chi connectivity index (χ0n) is 15.0. The highest BCUT2D eigenvalue weighted by Crippen LogP contribution is 2.29. The number of benzene rings is 2. The molecular formula is C22H14Cl2FN3O. The van der Waals surface area contributed by atoms with Crippen LogP contribution in [-0.4, -0.2) is 15.0 Å². The summed E-state index contributed by atoms with van der Waals surface area (Å²) in [6, 6.07) is 14.5. The van der Waals surface area contributed by atoms with Crippen LogP contribution in [0, 0.1) is 5.82 Å². The molecule has 0 atom stereocenters. The van der Waals surface area contributed by atoms with Crippen molar-refractivity contribution in [3.63, 3.8) is 0 Å². The van der Waals surface area contributed by atoms with Crippen molar-refractivity contribution in [3.05, 3.63) is 105 Å². The molecule has 0 saturated carbocycles. The van der Waals surface area contributed by atoms with Crippen LogP contribution in [0.1, 0.15) is 11.4 Å². The molecule has 0 radical (unpaired) electrons. The lowest BCUT2D eigenvalue weighted by Gasteiger charge is -2.12. The van der Waals surface area contributed by atoms with Crippen molar-refractivity contribution < 1.29 is 4.39 Å². The van der Waals surface area contributed by atoms with Gasteiger partial charge in [-0.25, -0.2) is 9.37 Å². The van der Waals surface area contributed by atoms with Gasteiger partial charge in [-0.1, -0.05) is 41.4 Å². The summed E-state index contributed by atoms with van der Waals surface area (Å²) >= 11 is 12.5. The van der Waals surface area contributed by atoms with E-state index in [4.69, 9.17) is 23.2 Å². The standard InChI is InChI=1S/C22H14Cl2FN3O/c23-17-2-1-3-18(24)16(17)12-19-27-21(14-8-10-26-11-9-14)20(22(29)28-19)13-4-6-15(25)7-5-13/h1-11H,12H2,(H,27,28,29). The van der Waals surface area contributed by atoms with Gasteiger partial charge in [0.2, 0.25) is 0 Å². The lowest BCUT2D eigenvalue weighted by Crippen LogP contribution is -2.16. The van der Waals surface area contributed by atoms with Crippen molar-refractivity contribution in [2.45, 2.75) is 6.42 Å². The normalized spacial score (nSPS) is 10.9. The van der Waals surface area contributed by atoms with Gasteiger partial charge >= 0.3 is 0 Å². The molecule has 0 aliphatic heterocycles. The Labute approximate surface area is 176 Å². The van der Waals surface area contributed by atoms with Crippen LogP contribution in [-0.2, 0) is 6.42 Å². The molecule has 4 aromatic rings. The Morgan fingerprint density at radius 1 is 0.897 bits per heavy atom. The van der Waals surface area contributed by atoms with E-state index in [1.807, 2.05) is 0 Å². The highest BCUT2D eigenvalue weighted by Gasteiger charge is 2.17. The number of hydrogen-bond donors (Lipinski definition) is 1. The van der Waals surface area contributed by atoms with Crippen LogP contribution in [0.15, 0.2) is 71.8 Å². The number of halogens is 3. The minimum atomic E-state index is -0.381. The quantitative estimate of drug-likeness (QED) is 0.467. The first-order valence-corrected chi connectivity index (χ1v) is 9.51. The third kappa shape index (κ3) is 4.06. The first-order valence-electron chi connectivity index (χ1n) is 8.75. The molecule has 0 aliphatic carbocycles. The Hall–Kier alpha value is -3.02. The van der Waals surface area contributed by atoms with E-state index < -0.39 is 0 Å². The fourth-order valence-electron chi connectivity index (χ4n) is 3.08. The molecule has 2 heterocycles. The molecule has 0 unspecified atom stereocenters. The van der Waals surface area contributed by atoms with Gasteiger partial charge in [-0.05, 0) is 47.5 Å². The first kappa shape index (κ1) is 19.3. The summed E-state index contributed by atoms with van der Waals surface area (Å²) in [5.74, 6) is 0.0382. The molecule has 4 nitrogen and oxygen atoms in total. The molecule has 7 heteroatoms. The zero-order chi connectivity index (χ0) is 20.4. The average molecular weight is 426 g/mol. The second-order valence-corrected chi connectivity index (χ2v) is 7.17. The Morgan fingerprint density at radius 3 is 2.21 bits per heavy atom. The summed E-state index contributed by atoms with van der Waals surface area (Å²) in [6.45, 7) is 0. The van der Waals surface area contributed by atoms with Gasteiger partial charge in [0.1, 0.15) is 11.6 Å². The molecule has 29 heavy (non-hydrogen) atoms. The number of hydrogen-bond acceptors (Lipinski definition) is 3. The third-order valence-electron chi connectivity index (χ3n) is 4.46. The van der Waals surface area contributed by atoms with Gasteiger partial charge in [-0.15, -0.1) is 0 Å². The van der Waals surface area contributed by atoms with E-state index in [0.717, 1.165) is 5.56 Å². The zero-order valence-corrected chi connectivity index (χ0v) is 16.5. The van der Waals surface area contributed by atoms with E-state index in [9.17, 15) is 9.18 Å². The molecule has 0 bridgehead atoms. The number of H-pyrrole nitrogens is 1. The lowest BCUT2D eigenvalue weighted by molar-refractivity contribution is 0.628. The fourth-order valence-corrected chi connectivity index (χ4v) is 3.61. The minimum absolute atomic E-state index is 0.259. The van der Waals surface area contributed by atoms with E-state index in [0.29, 0.717) is 38.3 Å². The van der Waals surface area contributed by atoms with Gasteiger partial charge in [0, 0.05) is 34.4 Å². The maximum Gasteiger partial charge on any atom is 0.259 e. The van der Waals surface area contributed by atoms with Crippen molar-refractivity contribution in [3.8, 4) is 22.4 Å². The molecule has 2 aromatic carbocycles. The minimum Gasteiger partial charge on any atom is -0.310 e. The molecule has 0 spiro atoms. The average Bonchev–Trinajstić information content (AvgIpc) is 2.72. The van der Waals surface area contributed by atoms with Crippen molar-refractivity contribution in [2.24, 2.45) is 0 Å². The molecular weight excluding hydrogens is 412 g/mol. The summed E-state index contributed by atoms with van der Waals surface area (Å²) in [5.41, 5.74) is 2.45. The van der Waals surface area contributed by atoms with Gasteiger partial charge in [0.05, 0.1) is 11.3 Å². The summed E-state index contributed by atoms with van der Waals surface area (Å²) in [6.07, 6.45) is 3.50. The smallest absolute Gasteiger partial charge is 0.259 e. The molecule has 0 fully saturated rings. The van der Waals surface area contributed by atoms with E-state index >= 15 is 0 Å². The predicted octanol–water partition coefficient (Wildman–Crippen LogP) is 5.54. The molecule has 0 saturated heterocycles. The van der Waals surface area contributed by atoms with Crippen molar-refractivity contribution in [2.75, 3.05) is 0 Å². The summed E-state index contributed by atoms with van der Waals surface area (Å²) < 4.78 is 13.4. The summed E-state index contributed by atoms with van der Waals surface area (Å²) in [7, 11) is 0. The summed E-state index contributed by atoms with van der Waals surface area (Å²) in [5, 5.41) is 0.987. The Morgan fingerprint density at radius 2 is 1.55 bits per heavy atom. The Kier molecular flexibility index (Phi) is 5.43. The van der Waals surface area contributed by atoms with Gasteiger partial charge < -0.3 is 4.98 Å². The van der Waals surface area contributed by atoms with Gasteiger partial charge in [0.15, 0.2) is 0 Å². The monoisotopic (exact) mass is 425 g/mol. The predicted molar refractivity (Wildman–Crippen MR) is 113 cm³/mol. The third-order valence-corrected chi connectivity index (χ3v) is 5.17. The van der Waals surface area contributed by atoms with Crippen LogP contribution in [0.2, 0.25) is 10.0 Å². The van der Waals surface area contributed by atoms with Crippen LogP contribution >= 0.6 is 23.2 Å². The molecule has 0 amide bonds. The lowest BCUT2D eigenvalue weighted by atomic mass is 10.0. The molecule has 0 aliphatic rings. The largest absolute Gasteiger partial charge is 0.310 e. The number of nitrogens with zero attached hydrogens (tertiary/aromatic N) is 2. The van der Waals surface area contributed by atoms with Gasteiger partial charge in [-0.3, -0.25) is 9.78 Å². The number of aromatic nitrogens is 3. The van der Waals surface area contributed by atoms with Crippen molar-refractivity contribution >= 4 is 23.2 Å². The first-order chi connectivity index (χ1) is 14.0. The summed E-state index contributed by atoms with van der Waals surface area (Å²) in [4.78, 5) is 24.5. The van der Waals surface area contributed by atoms with Gasteiger partial charge in [0.25, 0.3) is 5.56 Å². The van der Waals surface area contributed by atoms with E-state index in [2.05, 4.69) is 15.0 Å².